The van der Waals surface area contributed by atoms with Gasteiger partial charge in [-0.15, -0.1) is 0 Å². The van der Waals surface area contributed by atoms with E-state index in [1.54, 1.807) is 29.2 Å². The van der Waals surface area contributed by atoms with Crippen LogP contribution in [0.5, 0.6) is 0 Å². The van der Waals surface area contributed by atoms with E-state index in [4.69, 9.17) is 16.0 Å². The van der Waals surface area contributed by atoms with Gasteiger partial charge in [-0.05, 0) is 36.3 Å². The zero-order chi connectivity index (χ0) is 17.9. The second kappa shape index (κ2) is 7.45. The topological polar surface area (TPSA) is 67.6 Å². The van der Waals surface area contributed by atoms with Crippen LogP contribution in [0.3, 0.4) is 0 Å². The number of amides is 1. The SMILES string of the molecule is O=C(/C=C/c1ccco1)N(Cc1ccccc1Cl)C1CCS(=O)(=O)C1. The highest BCUT2D eigenvalue weighted by Gasteiger charge is 2.34. The third-order valence-corrected chi connectivity index (χ3v) is 6.28. The van der Waals surface area contributed by atoms with Crippen LogP contribution in [0, 0.1) is 0 Å². The zero-order valence-electron chi connectivity index (χ0n) is 13.5. The smallest absolute Gasteiger partial charge is 0.247 e. The first-order valence-corrected chi connectivity index (χ1v) is 10.1. The third kappa shape index (κ3) is 4.52. The molecular formula is C18H18ClNO4S. The Balaban J connectivity index is 1.83. The summed E-state index contributed by atoms with van der Waals surface area (Å²) >= 11 is 6.20. The molecule has 7 heteroatoms. The molecule has 1 aromatic carbocycles. The molecule has 0 saturated carbocycles. The van der Waals surface area contributed by atoms with Crippen molar-refractivity contribution in [2.45, 2.75) is 19.0 Å². The van der Waals surface area contributed by atoms with Crippen molar-refractivity contribution in [2.75, 3.05) is 11.5 Å². The number of nitrogens with zero attached hydrogens (tertiary/aromatic N) is 1. The highest BCUT2D eigenvalue weighted by atomic mass is 35.5. The van der Waals surface area contributed by atoms with Crippen molar-refractivity contribution < 1.29 is 17.6 Å². The Morgan fingerprint density at radius 1 is 1.28 bits per heavy atom. The number of hydrogen-bond acceptors (Lipinski definition) is 4. The minimum Gasteiger partial charge on any atom is -0.465 e. The Kier molecular flexibility index (Phi) is 5.30. The van der Waals surface area contributed by atoms with Crippen LogP contribution in [-0.4, -0.2) is 36.8 Å². The fraction of sp³-hybridized carbons (Fsp3) is 0.278. The van der Waals surface area contributed by atoms with Gasteiger partial charge in [-0.3, -0.25) is 4.79 Å². The molecule has 2 aromatic rings. The number of benzene rings is 1. The van der Waals surface area contributed by atoms with Gasteiger partial charge in [0.1, 0.15) is 5.76 Å². The van der Waals surface area contributed by atoms with E-state index in [0.29, 0.717) is 17.2 Å². The molecule has 1 saturated heterocycles. The molecule has 1 aromatic heterocycles. The molecule has 0 radical (unpaired) electrons. The maximum absolute atomic E-state index is 12.7. The van der Waals surface area contributed by atoms with Crippen LogP contribution in [0.1, 0.15) is 17.7 Å². The molecule has 1 unspecified atom stereocenters. The van der Waals surface area contributed by atoms with Crippen LogP contribution in [0.4, 0.5) is 0 Å². The van der Waals surface area contributed by atoms with Crippen molar-refractivity contribution >= 4 is 33.4 Å². The van der Waals surface area contributed by atoms with Crippen LogP contribution in [0.15, 0.2) is 53.2 Å². The van der Waals surface area contributed by atoms with E-state index in [2.05, 4.69) is 0 Å². The van der Waals surface area contributed by atoms with Crippen LogP contribution in [0.2, 0.25) is 5.02 Å². The van der Waals surface area contributed by atoms with E-state index in [0.717, 1.165) is 5.56 Å². The van der Waals surface area contributed by atoms with E-state index < -0.39 is 9.84 Å². The van der Waals surface area contributed by atoms with Gasteiger partial charge in [-0.1, -0.05) is 29.8 Å². The van der Waals surface area contributed by atoms with Crippen molar-refractivity contribution in [3.63, 3.8) is 0 Å². The van der Waals surface area contributed by atoms with Crippen LogP contribution >= 0.6 is 11.6 Å². The predicted molar refractivity (Wildman–Crippen MR) is 96.8 cm³/mol. The lowest BCUT2D eigenvalue weighted by Crippen LogP contribution is -2.39. The number of halogens is 1. The first-order chi connectivity index (χ1) is 11.9. The molecule has 1 fully saturated rings. The van der Waals surface area contributed by atoms with Crippen LogP contribution < -0.4 is 0 Å². The summed E-state index contributed by atoms with van der Waals surface area (Å²) in [5.74, 6) is 0.382. The maximum atomic E-state index is 12.7. The van der Waals surface area contributed by atoms with E-state index >= 15 is 0 Å². The Hall–Kier alpha value is -2.05. The van der Waals surface area contributed by atoms with Crippen molar-refractivity contribution in [3.8, 4) is 0 Å². The number of carbonyl (C=O) groups is 1. The highest BCUT2D eigenvalue weighted by molar-refractivity contribution is 7.91. The zero-order valence-corrected chi connectivity index (χ0v) is 15.0. The summed E-state index contributed by atoms with van der Waals surface area (Å²) in [6.45, 7) is 0.265. The molecule has 132 valence electrons. The number of sulfone groups is 1. The maximum Gasteiger partial charge on any atom is 0.247 e. The van der Waals surface area contributed by atoms with Gasteiger partial charge in [-0.2, -0.15) is 0 Å². The fourth-order valence-corrected chi connectivity index (χ4v) is 4.78. The molecule has 0 bridgehead atoms. The highest BCUT2D eigenvalue weighted by Crippen LogP contribution is 2.24. The van der Waals surface area contributed by atoms with E-state index in [9.17, 15) is 13.2 Å². The average molecular weight is 380 g/mol. The first-order valence-electron chi connectivity index (χ1n) is 7.91. The van der Waals surface area contributed by atoms with Gasteiger partial charge in [0, 0.05) is 23.7 Å². The average Bonchev–Trinajstić information content (AvgIpc) is 3.21. The number of hydrogen-bond donors (Lipinski definition) is 0. The number of furan rings is 1. The summed E-state index contributed by atoms with van der Waals surface area (Å²) in [4.78, 5) is 14.3. The third-order valence-electron chi connectivity index (χ3n) is 4.16. The first kappa shape index (κ1) is 17.8. The minimum absolute atomic E-state index is 0.0161. The largest absolute Gasteiger partial charge is 0.465 e. The lowest BCUT2D eigenvalue weighted by Gasteiger charge is -2.27. The second-order valence-electron chi connectivity index (χ2n) is 5.96. The summed E-state index contributed by atoms with van der Waals surface area (Å²) in [6, 6.07) is 10.4. The Labute approximate surface area is 151 Å². The Bertz CT molecular complexity index is 874. The fourth-order valence-electron chi connectivity index (χ4n) is 2.85. The molecule has 2 heterocycles. The molecule has 0 aliphatic carbocycles. The molecule has 0 spiro atoms. The second-order valence-corrected chi connectivity index (χ2v) is 8.60. The molecule has 5 nitrogen and oxygen atoms in total. The van der Waals surface area contributed by atoms with Crippen molar-refractivity contribution in [3.05, 3.63) is 65.1 Å². The van der Waals surface area contributed by atoms with Gasteiger partial charge in [0.15, 0.2) is 9.84 Å². The summed E-state index contributed by atoms with van der Waals surface area (Å²) in [6.07, 6.45) is 4.94. The molecule has 1 amide bonds. The van der Waals surface area contributed by atoms with Gasteiger partial charge in [0.25, 0.3) is 0 Å². The van der Waals surface area contributed by atoms with Crippen LogP contribution in [-0.2, 0) is 21.2 Å². The molecule has 1 aliphatic heterocycles. The minimum atomic E-state index is -3.10. The van der Waals surface area contributed by atoms with Crippen molar-refractivity contribution in [1.29, 1.82) is 0 Å². The van der Waals surface area contributed by atoms with Crippen molar-refractivity contribution in [2.24, 2.45) is 0 Å². The Morgan fingerprint density at radius 3 is 2.72 bits per heavy atom. The summed E-state index contributed by atoms with van der Waals surface area (Å²) in [5.41, 5.74) is 0.785. The number of carbonyl (C=O) groups excluding carboxylic acids is 1. The van der Waals surface area contributed by atoms with Gasteiger partial charge >= 0.3 is 0 Å². The molecular weight excluding hydrogens is 362 g/mol. The number of rotatable bonds is 5. The summed E-state index contributed by atoms with van der Waals surface area (Å²) in [5, 5.41) is 0.552. The molecule has 3 rings (SSSR count). The Morgan fingerprint density at radius 2 is 2.08 bits per heavy atom. The molecule has 1 atom stereocenters. The van der Waals surface area contributed by atoms with E-state index in [-0.39, 0.29) is 30.0 Å². The molecule has 25 heavy (non-hydrogen) atoms. The molecule has 0 N–H and O–H groups in total. The predicted octanol–water partition coefficient (Wildman–Crippen LogP) is 3.16. The van der Waals surface area contributed by atoms with Gasteiger partial charge in [0.2, 0.25) is 5.91 Å². The summed E-state index contributed by atoms with van der Waals surface area (Å²) < 4.78 is 28.9. The lowest BCUT2D eigenvalue weighted by atomic mass is 10.1. The van der Waals surface area contributed by atoms with Crippen LogP contribution in [0.25, 0.3) is 6.08 Å². The monoisotopic (exact) mass is 379 g/mol. The quantitative estimate of drug-likeness (QED) is 0.748. The summed E-state index contributed by atoms with van der Waals surface area (Å²) in [7, 11) is -3.10. The standard InChI is InChI=1S/C18H18ClNO4S/c19-17-6-2-1-4-14(17)12-20(15-9-11-25(22,23)13-15)18(21)8-7-16-5-3-10-24-16/h1-8,10,15H,9,11-13H2/b8-7+. The van der Waals surface area contributed by atoms with Crippen molar-refractivity contribution in [1.82, 2.24) is 4.90 Å². The molecule has 1 aliphatic rings. The van der Waals surface area contributed by atoms with Gasteiger partial charge < -0.3 is 9.32 Å². The van der Waals surface area contributed by atoms with E-state index in [1.165, 1.54) is 12.3 Å². The lowest BCUT2D eigenvalue weighted by molar-refractivity contribution is -0.128. The normalized spacial score (nSPS) is 19.3. The van der Waals surface area contributed by atoms with Gasteiger partial charge in [0.05, 0.1) is 17.8 Å². The van der Waals surface area contributed by atoms with Gasteiger partial charge in [-0.25, -0.2) is 8.42 Å². The van der Waals surface area contributed by atoms with E-state index in [1.807, 2.05) is 18.2 Å².